The van der Waals surface area contributed by atoms with Crippen molar-refractivity contribution in [1.82, 2.24) is 19.1 Å². The van der Waals surface area contributed by atoms with E-state index in [1.54, 1.807) is 25.1 Å². The maximum Gasteiger partial charge on any atom is 0.406 e. The van der Waals surface area contributed by atoms with Crippen molar-refractivity contribution >= 4 is 32.9 Å². The molecule has 0 radical (unpaired) electrons. The van der Waals surface area contributed by atoms with Crippen LogP contribution in [0.3, 0.4) is 0 Å². The van der Waals surface area contributed by atoms with E-state index in [-0.39, 0.29) is 12.2 Å². The molecule has 0 bridgehead atoms. The number of nitrogens with zero attached hydrogens (tertiary/aromatic N) is 5. The van der Waals surface area contributed by atoms with Crippen molar-refractivity contribution in [2.24, 2.45) is 0 Å². The van der Waals surface area contributed by atoms with Crippen molar-refractivity contribution in [3.05, 3.63) is 103 Å². The molecule has 0 saturated carbocycles. The van der Waals surface area contributed by atoms with Crippen molar-refractivity contribution < 1.29 is 22.8 Å². The maximum atomic E-state index is 12.9. The van der Waals surface area contributed by atoms with Crippen molar-refractivity contribution in [2.75, 3.05) is 5.73 Å². The Balaban J connectivity index is 1.62. The zero-order valence-corrected chi connectivity index (χ0v) is 21.9. The number of anilines is 1. The van der Waals surface area contributed by atoms with Gasteiger partial charge in [-0.3, -0.25) is 34.0 Å². The summed E-state index contributed by atoms with van der Waals surface area (Å²) in [7, 11) is 0. The van der Waals surface area contributed by atoms with Crippen LogP contribution in [-0.2, 0) is 13.1 Å². The fourth-order valence-electron chi connectivity index (χ4n) is 4.25. The van der Waals surface area contributed by atoms with Crippen LogP contribution in [-0.4, -0.2) is 30.2 Å². The predicted octanol–water partition coefficient (Wildman–Crippen LogP) is 4.88. The summed E-state index contributed by atoms with van der Waals surface area (Å²) in [4.78, 5) is 45.0. The van der Waals surface area contributed by atoms with Crippen LogP contribution in [0.4, 0.5) is 24.5 Å². The number of nitro groups is 1. The molecule has 5 aromatic rings. The Labute approximate surface area is 232 Å². The highest BCUT2D eigenvalue weighted by Crippen LogP contribution is 2.43. The second-order valence-corrected chi connectivity index (χ2v) is 10.1. The van der Waals surface area contributed by atoms with Crippen molar-refractivity contribution in [1.29, 1.82) is 0 Å². The third-order valence-electron chi connectivity index (χ3n) is 5.98. The molecule has 0 aliphatic rings. The molecule has 5 rings (SSSR count). The first kappa shape index (κ1) is 27.5. The number of non-ortho nitro benzene ring substituents is 1. The minimum absolute atomic E-state index is 0.182. The first-order valence-electron chi connectivity index (χ1n) is 11.8. The quantitative estimate of drug-likeness (QED) is 0.210. The van der Waals surface area contributed by atoms with E-state index in [2.05, 4.69) is 9.97 Å². The molecule has 2 N–H and O–H groups in total. The highest BCUT2D eigenvalue weighted by molar-refractivity contribution is 7.19. The van der Waals surface area contributed by atoms with E-state index in [1.165, 1.54) is 30.7 Å². The fourth-order valence-corrected chi connectivity index (χ4v) is 5.38. The van der Waals surface area contributed by atoms with Gasteiger partial charge in [0, 0.05) is 52.7 Å². The lowest BCUT2D eigenvalue weighted by Crippen LogP contribution is -2.41. The summed E-state index contributed by atoms with van der Waals surface area (Å²) in [6, 6.07) is 8.40. The van der Waals surface area contributed by atoms with Crippen molar-refractivity contribution in [3.8, 4) is 22.6 Å². The average molecular weight is 585 g/mol. The van der Waals surface area contributed by atoms with Gasteiger partial charge in [-0.1, -0.05) is 0 Å². The van der Waals surface area contributed by atoms with Crippen molar-refractivity contribution in [3.63, 3.8) is 0 Å². The van der Waals surface area contributed by atoms with Gasteiger partial charge in [0.15, 0.2) is 0 Å². The monoisotopic (exact) mass is 584 g/mol. The highest BCUT2D eigenvalue weighted by Gasteiger charge is 2.29. The largest absolute Gasteiger partial charge is 0.455 e. The molecule has 0 atom stereocenters. The molecular formula is C26H19F3N6O5S. The molecule has 1 aromatic carbocycles. The SMILES string of the molecule is Cc1cc([N+](=O)[O-])cc(-c2ccnc3cc(Cn4c(=O)ccn(CC(F)(F)F)c4=O)sc23)c1Oc1cncc(N)c1. The van der Waals surface area contributed by atoms with Crippen LogP contribution in [0.15, 0.2) is 70.8 Å². The predicted molar refractivity (Wildman–Crippen MR) is 145 cm³/mol. The molecule has 0 aliphatic heterocycles. The lowest BCUT2D eigenvalue weighted by Gasteiger charge is -2.15. The molecule has 11 nitrogen and oxygen atoms in total. The number of rotatable bonds is 7. The van der Waals surface area contributed by atoms with E-state index in [1.807, 2.05) is 0 Å². The first-order chi connectivity index (χ1) is 19.4. The Morgan fingerprint density at radius 3 is 2.61 bits per heavy atom. The minimum atomic E-state index is -4.65. The van der Waals surface area contributed by atoms with Crippen LogP contribution in [0, 0.1) is 17.0 Å². The molecule has 15 heteroatoms. The molecule has 210 valence electrons. The van der Waals surface area contributed by atoms with Gasteiger partial charge in [0.05, 0.1) is 39.8 Å². The third-order valence-corrected chi connectivity index (χ3v) is 7.12. The van der Waals surface area contributed by atoms with Gasteiger partial charge in [-0.25, -0.2) is 4.79 Å². The topological polar surface area (TPSA) is 148 Å². The van der Waals surface area contributed by atoms with E-state index in [0.717, 1.165) is 23.6 Å². The van der Waals surface area contributed by atoms with Gasteiger partial charge in [0.2, 0.25) is 0 Å². The van der Waals surface area contributed by atoms with Crippen LogP contribution in [0.2, 0.25) is 0 Å². The lowest BCUT2D eigenvalue weighted by molar-refractivity contribution is -0.384. The zero-order valence-electron chi connectivity index (χ0n) is 21.1. The Bertz CT molecular complexity index is 1930. The number of nitro benzene ring substituents is 1. The number of aromatic nitrogens is 4. The number of fused-ring (bicyclic) bond motifs is 1. The number of nitrogens with two attached hydrogens (primary N) is 1. The number of hydrogen-bond acceptors (Lipinski definition) is 9. The van der Waals surface area contributed by atoms with Crippen molar-refractivity contribution in [2.45, 2.75) is 26.2 Å². The molecule has 0 aliphatic carbocycles. The number of benzene rings is 1. The molecular weight excluding hydrogens is 565 g/mol. The lowest BCUT2D eigenvalue weighted by atomic mass is 10.0. The molecule has 0 unspecified atom stereocenters. The number of thiophene rings is 1. The van der Waals surface area contributed by atoms with Gasteiger partial charge in [-0.05, 0) is 24.6 Å². The van der Waals surface area contributed by atoms with E-state index in [9.17, 15) is 32.9 Å². The molecule has 4 aromatic heterocycles. The van der Waals surface area contributed by atoms with Gasteiger partial charge >= 0.3 is 11.9 Å². The Hall–Kier alpha value is -5.05. The summed E-state index contributed by atoms with van der Waals surface area (Å²) >= 11 is 1.14. The first-order valence-corrected chi connectivity index (χ1v) is 12.6. The maximum absolute atomic E-state index is 12.9. The molecule has 4 heterocycles. The van der Waals surface area contributed by atoms with Crippen LogP contribution in [0.5, 0.6) is 11.5 Å². The number of nitrogen functional groups attached to an aromatic ring is 1. The third kappa shape index (κ3) is 5.79. The summed E-state index contributed by atoms with van der Waals surface area (Å²) < 4.78 is 46.5. The zero-order chi connectivity index (χ0) is 29.5. The fraction of sp³-hybridized carbons (Fsp3) is 0.154. The van der Waals surface area contributed by atoms with Crippen LogP contribution in [0.1, 0.15) is 10.4 Å². The van der Waals surface area contributed by atoms with Gasteiger partial charge < -0.3 is 10.5 Å². The van der Waals surface area contributed by atoms with Crippen LogP contribution < -0.4 is 21.7 Å². The average Bonchev–Trinajstić information content (AvgIpc) is 3.31. The molecule has 0 saturated heterocycles. The van der Waals surface area contributed by atoms with E-state index in [4.69, 9.17) is 10.5 Å². The second-order valence-electron chi connectivity index (χ2n) is 9.00. The Kier molecular flexibility index (Phi) is 7.04. The van der Waals surface area contributed by atoms with E-state index < -0.39 is 28.9 Å². The van der Waals surface area contributed by atoms with Gasteiger partial charge in [0.1, 0.15) is 18.0 Å². The second kappa shape index (κ2) is 10.5. The smallest absolute Gasteiger partial charge is 0.406 e. The number of aryl methyl sites for hydroxylation is 1. The number of pyridine rings is 2. The number of alkyl halides is 3. The Morgan fingerprint density at radius 1 is 1.12 bits per heavy atom. The summed E-state index contributed by atoms with van der Waals surface area (Å²) in [6.45, 7) is -0.192. The van der Waals surface area contributed by atoms with E-state index in [0.29, 0.717) is 58.1 Å². The number of halogens is 3. The normalized spacial score (nSPS) is 11.6. The standard InChI is InChI=1S/C26H19F3N6O5S/c1-14-6-16(35(38)39)8-20(23(14)40-17-7-15(30)10-31-11-17)19-2-4-32-21-9-18(41-24(19)21)12-34-22(36)3-5-33(25(34)37)13-26(27,28)29/h2-11H,12-13,30H2,1H3. The van der Waals surface area contributed by atoms with Crippen LogP contribution in [0.25, 0.3) is 21.3 Å². The number of hydrogen-bond donors (Lipinski definition) is 1. The van der Waals surface area contributed by atoms with Gasteiger partial charge in [-0.2, -0.15) is 13.2 Å². The van der Waals surface area contributed by atoms with E-state index >= 15 is 0 Å². The minimum Gasteiger partial charge on any atom is -0.455 e. The summed E-state index contributed by atoms with van der Waals surface area (Å²) in [5, 5.41) is 11.7. The van der Waals surface area contributed by atoms with Crippen LogP contribution >= 0.6 is 11.3 Å². The van der Waals surface area contributed by atoms with Gasteiger partial charge in [0.25, 0.3) is 11.2 Å². The van der Waals surface area contributed by atoms with Gasteiger partial charge in [-0.15, -0.1) is 11.3 Å². The molecule has 0 amide bonds. The highest BCUT2D eigenvalue weighted by atomic mass is 32.1. The summed E-state index contributed by atoms with van der Waals surface area (Å²) in [5.41, 5.74) is 5.90. The Morgan fingerprint density at radius 2 is 1.90 bits per heavy atom. The number of ether oxygens (including phenoxy) is 1. The summed E-state index contributed by atoms with van der Waals surface area (Å²) in [6.07, 6.45) is 0.516. The molecule has 0 fully saturated rings. The molecule has 41 heavy (non-hydrogen) atoms. The molecule has 0 spiro atoms. The summed E-state index contributed by atoms with van der Waals surface area (Å²) in [5.74, 6) is 0.610.